The summed E-state index contributed by atoms with van der Waals surface area (Å²) < 4.78 is 30.2. The van der Waals surface area contributed by atoms with Gasteiger partial charge in [0.2, 0.25) is 15.9 Å². The van der Waals surface area contributed by atoms with E-state index in [9.17, 15) is 18.0 Å². The topological polar surface area (TPSA) is 89.5 Å². The van der Waals surface area contributed by atoms with Crippen molar-refractivity contribution in [2.45, 2.75) is 213 Å². The molecule has 0 saturated carbocycles. The first-order chi connectivity index (χ1) is 22.8. The van der Waals surface area contributed by atoms with Gasteiger partial charge in [0, 0.05) is 6.42 Å². The summed E-state index contributed by atoms with van der Waals surface area (Å²) in [5, 5.41) is 0. The normalized spacial score (nSPS) is 12.1. The first-order valence-corrected chi connectivity index (χ1v) is 21.7. The number of carbonyl (C=O) groups excluding carboxylic acids is 2. The lowest BCUT2D eigenvalue weighted by molar-refractivity contribution is -0.150. The molecule has 7 heteroatoms. The van der Waals surface area contributed by atoms with E-state index >= 15 is 0 Å². The average Bonchev–Trinajstić information content (AvgIpc) is 3.02. The van der Waals surface area contributed by atoms with Crippen molar-refractivity contribution in [1.29, 1.82) is 0 Å². The molecule has 1 amide bonds. The van der Waals surface area contributed by atoms with Gasteiger partial charge in [-0.2, -0.15) is 0 Å². The van der Waals surface area contributed by atoms with Gasteiger partial charge in [0.1, 0.15) is 6.10 Å². The van der Waals surface area contributed by atoms with E-state index in [0.717, 1.165) is 44.8 Å². The van der Waals surface area contributed by atoms with Crippen LogP contribution in [-0.4, -0.2) is 32.7 Å². The predicted molar refractivity (Wildman–Crippen MR) is 201 cm³/mol. The highest BCUT2D eigenvalue weighted by Crippen LogP contribution is 2.18. The number of ether oxygens (including phenoxy) is 1. The molecule has 0 fully saturated rings. The van der Waals surface area contributed by atoms with Gasteiger partial charge in [-0.1, -0.05) is 141 Å². The first kappa shape index (κ1) is 45.4. The molecular weight excluding hydrogens is 607 g/mol. The monoisotopic (exact) mass is 682 g/mol. The molecule has 0 aromatic heterocycles. The zero-order valence-corrected chi connectivity index (χ0v) is 31.9. The van der Waals surface area contributed by atoms with E-state index in [1.165, 1.54) is 141 Å². The molecule has 1 N–H and O–H groups in total. The van der Waals surface area contributed by atoms with Crippen molar-refractivity contribution < 1.29 is 22.7 Å². The molecule has 276 valence electrons. The van der Waals surface area contributed by atoms with E-state index in [2.05, 4.69) is 38.2 Å². The summed E-state index contributed by atoms with van der Waals surface area (Å²) in [6, 6.07) is 0. The highest BCUT2D eigenvalue weighted by Gasteiger charge is 2.17. The molecule has 0 rings (SSSR count). The van der Waals surface area contributed by atoms with Crippen LogP contribution < -0.4 is 4.72 Å². The zero-order valence-electron chi connectivity index (χ0n) is 31.0. The molecule has 0 heterocycles. The number of unbranched alkanes of at least 4 members (excludes halogenated alkanes) is 22. The fraction of sp³-hybridized carbons (Fsp3) is 0.850. The Hall–Kier alpha value is -1.63. The molecule has 6 nitrogen and oxygen atoms in total. The molecule has 0 aromatic rings. The van der Waals surface area contributed by atoms with Crippen LogP contribution in [0.5, 0.6) is 0 Å². The lowest BCUT2D eigenvalue weighted by Gasteiger charge is -2.18. The molecule has 0 saturated heterocycles. The van der Waals surface area contributed by atoms with Crippen LogP contribution in [0.2, 0.25) is 0 Å². The molecule has 0 aromatic carbocycles. The van der Waals surface area contributed by atoms with E-state index in [1.54, 1.807) is 0 Å². The van der Waals surface area contributed by atoms with Gasteiger partial charge in [0.05, 0.1) is 12.7 Å². The van der Waals surface area contributed by atoms with Crippen LogP contribution in [0.15, 0.2) is 24.3 Å². The summed E-state index contributed by atoms with van der Waals surface area (Å²) in [7, 11) is -3.62. The highest BCUT2D eigenvalue weighted by molar-refractivity contribution is 7.89. The minimum Gasteiger partial charge on any atom is -0.462 e. The Morgan fingerprint density at radius 2 is 0.872 bits per heavy atom. The van der Waals surface area contributed by atoms with Crippen molar-refractivity contribution >= 4 is 21.9 Å². The summed E-state index contributed by atoms with van der Waals surface area (Å²) in [6.45, 7) is 4.52. The van der Waals surface area contributed by atoms with Crippen LogP contribution in [0.25, 0.3) is 0 Å². The number of hydrogen-bond donors (Lipinski definition) is 1. The Bertz CT molecular complexity index is 843. The van der Waals surface area contributed by atoms with Crippen molar-refractivity contribution in [3.63, 3.8) is 0 Å². The van der Waals surface area contributed by atoms with Crippen LogP contribution in [0.4, 0.5) is 0 Å². The Labute approximate surface area is 291 Å². The quantitative estimate of drug-likeness (QED) is 0.0408. The number of allylic oxidation sites excluding steroid dienone is 4. The van der Waals surface area contributed by atoms with Gasteiger partial charge in [0.15, 0.2) is 0 Å². The van der Waals surface area contributed by atoms with Crippen molar-refractivity contribution in [3.8, 4) is 0 Å². The number of carbonyl (C=O) groups is 2. The highest BCUT2D eigenvalue weighted by atomic mass is 32.2. The second-order valence-electron chi connectivity index (χ2n) is 13.7. The van der Waals surface area contributed by atoms with Gasteiger partial charge in [-0.05, 0) is 77.0 Å². The van der Waals surface area contributed by atoms with Crippen LogP contribution >= 0.6 is 0 Å². The molecule has 0 radical (unpaired) electrons. The SMILES string of the molecule is CCCCCCCC/C=C\CCCCCCCC(CCCCCCC/C=C\CCCCCCCC)OC(=O)CCC(=O)NS(C)(=O)=O. The smallest absolute Gasteiger partial charge is 0.306 e. The molecule has 0 aliphatic rings. The maximum absolute atomic E-state index is 12.5. The Morgan fingerprint density at radius 3 is 1.23 bits per heavy atom. The molecular formula is C40H75NO5S. The lowest BCUT2D eigenvalue weighted by atomic mass is 10.0. The van der Waals surface area contributed by atoms with Gasteiger partial charge in [-0.3, -0.25) is 14.3 Å². The minimum absolute atomic E-state index is 0.101. The van der Waals surface area contributed by atoms with Gasteiger partial charge < -0.3 is 4.74 Å². The van der Waals surface area contributed by atoms with Crippen LogP contribution in [-0.2, 0) is 24.3 Å². The van der Waals surface area contributed by atoms with Gasteiger partial charge in [-0.25, -0.2) is 8.42 Å². The van der Waals surface area contributed by atoms with Crippen LogP contribution in [0.1, 0.15) is 206 Å². The number of hydrogen-bond acceptors (Lipinski definition) is 5. The molecule has 0 spiro atoms. The molecule has 0 aliphatic heterocycles. The summed E-state index contributed by atoms with van der Waals surface area (Å²) in [5.41, 5.74) is 0. The fourth-order valence-electron chi connectivity index (χ4n) is 5.87. The predicted octanol–water partition coefficient (Wildman–Crippen LogP) is 11.8. The third-order valence-electron chi connectivity index (χ3n) is 8.73. The van der Waals surface area contributed by atoms with E-state index in [1.807, 2.05) is 4.72 Å². The second-order valence-corrected chi connectivity index (χ2v) is 15.4. The lowest BCUT2D eigenvalue weighted by Crippen LogP contribution is -2.30. The first-order valence-electron chi connectivity index (χ1n) is 19.8. The summed E-state index contributed by atoms with van der Waals surface area (Å²) >= 11 is 0. The minimum atomic E-state index is -3.62. The maximum atomic E-state index is 12.5. The van der Waals surface area contributed by atoms with Gasteiger partial charge in [0.25, 0.3) is 0 Å². The third kappa shape index (κ3) is 37.0. The standard InChI is InChI=1S/C40H75NO5S/c1-4-6-8-10-12-14-16-18-20-22-24-26-28-30-32-34-38(46-40(43)37-36-39(42)41-47(3,44)45)35-33-31-29-27-25-23-21-19-17-15-13-11-9-7-5-2/h18-21,38H,4-17,22-37H2,1-3H3,(H,41,42)/b20-18-,21-19-. The van der Waals surface area contributed by atoms with Crippen molar-refractivity contribution in [3.05, 3.63) is 24.3 Å². The molecule has 47 heavy (non-hydrogen) atoms. The van der Waals surface area contributed by atoms with Crippen LogP contribution in [0, 0.1) is 0 Å². The third-order valence-corrected chi connectivity index (χ3v) is 9.33. The largest absolute Gasteiger partial charge is 0.462 e. The van der Waals surface area contributed by atoms with Gasteiger partial charge in [-0.15, -0.1) is 0 Å². The number of esters is 1. The summed E-state index contributed by atoms with van der Waals surface area (Å²) in [4.78, 5) is 24.3. The summed E-state index contributed by atoms with van der Waals surface area (Å²) in [5.74, 6) is -1.09. The zero-order chi connectivity index (χ0) is 34.7. The van der Waals surface area contributed by atoms with E-state index in [0.29, 0.717) is 0 Å². The fourth-order valence-corrected chi connectivity index (χ4v) is 6.38. The maximum Gasteiger partial charge on any atom is 0.306 e. The van der Waals surface area contributed by atoms with E-state index in [4.69, 9.17) is 4.74 Å². The number of rotatable bonds is 35. The van der Waals surface area contributed by atoms with Crippen molar-refractivity contribution in [2.24, 2.45) is 0 Å². The average molecular weight is 682 g/mol. The van der Waals surface area contributed by atoms with Crippen LogP contribution in [0.3, 0.4) is 0 Å². The number of sulfonamides is 1. The Balaban J connectivity index is 4.20. The second kappa shape index (κ2) is 34.2. The van der Waals surface area contributed by atoms with E-state index < -0.39 is 21.9 Å². The number of nitrogens with one attached hydrogen (secondary N) is 1. The Morgan fingerprint density at radius 1 is 0.532 bits per heavy atom. The van der Waals surface area contributed by atoms with Crippen molar-refractivity contribution in [1.82, 2.24) is 4.72 Å². The molecule has 0 bridgehead atoms. The van der Waals surface area contributed by atoms with Crippen molar-refractivity contribution in [2.75, 3.05) is 6.26 Å². The number of amides is 1. The van der Waals surface area contributed by atoms with Gasteiger partial charge >= 0.3 is 5.97 Å². The molecule has 0 aliphatic carbocycles. The molecule has 0 unspecified atom stereocenters. The molecule has 0 atom stereocenters. The van der Waals surface area contributed by atoms with E-state index in [-0.39, 0.29) is 18.9 Å². The summed E-state index contributed by atoms with van der Waals surface area (Å²) in [6.07, 6.45) is 44.3. The Kier molecular flexibility index (Phi) is 33.1.